The number of aromatic amines is 1. The Morgan fingerprint density at radius 2 is 2.27 bits per heavy atom. The fourth-order valence-corrected chi connectivity index (χ4v) is 2.38. The number of H-pyrrole nitrogens is 1. The molecule has 0 saturated heterocycles. The molecule has 4 heteroatoms. The molecule has 0 saturated carbocycles. The van der Waals surface area contributed by atoms with Crippen LogP contribution in [0.25, 0.3) is 10.2 Å². The van der Waals surface area contributed by atoms with Crippen molar-refractivity contribution in [2.75, 3.05) is 0 Å². The van der Waals surface area contributed by atoms with Crippen molar-refractivity contribution in [1.82, 2.24) is 4.98 Å². The SMILES string of the molecule is S=c1[nH]c2ccc(S)cc2s1. The molecule has 0 fully saturated rings. The van der Waals surface area contributed by atoms with Gasteiger partial charge in [0.05, 0.1) is 10.2 Å². The molecule has 0 amide bonds. The van der Waals surface area contributed by atoms with Crippen molar-refractivity contribution >= 4 is 46.4 Å². The highest BCUT2D eigenvalue weighted by atomic mass is 32.1. The van der Waals surface area contributed by atoms with Crippen LogP contribution in [-0.4, -0.2) is 4.98 Å². The van der Waals surface area contributed by atoms with Gasteiger partial charge in [-0.1, -0.05) is 0 Å². The number of thiol groups is 1. The summed E-state index contributed by atoms with van der Waals surface area (Å²) in [5.74, 6) is 0. The van der Waals surface area contributed by atoms with Gasteiger partial charge in [0.25, 0.3) is 0 Å². The number of fused-ring (bicyclic) bond motifs is 1. The van der Waals surface area contributed by atoms with Crippen LogP contribution >= 0.6 is 36.2 Å². The van der Waals surface area contributed by atoms with Crippen LogP contribution in [0.5, 0.6) is 0 Å². The molecule has 11 heavy (non-hydrogen) atoms. The van der Waals surface area contributed by atoms with E-state index in [2.05, 4.69) is 17.6 Å². The second-order valence-corrected chi connectivity index (χ2v) is 4.43. The maximum absolute atomic E-state index is 4.99. The zero-order valence-corrected chi connectivity index (χ0v) is 8.02. The first-order valence-corrected chi connectivity index (χ1v) is 4.75. The van der Waals surface area contributed by atoms with Gasteiger partial charge in [-0.15, -0.1) is 24.0 Å². The van der Waals surface area contributed by atoms with Crippen molar-refractivity contribution in [3.8, 4) is 0 Å². The average molecular weight is 199 g/mol. The molecule has 1 aromatic heterocycles. The van der Waals surface area contributed by atoms with E-state index in [1.807, 2.05) is 18.2 Å². The topological polar surface area (TPSA) is 15.8 Å². The molecule has 0 atom stereocenters. The van der Waals surface area contributed by atoms with E-state index in [9.17, 15) is 0 Å². The van der Waals surface area contributed by atoms with Crippen LogP contribution in [0.4, 0.5) is 0 Å². The summed E-state index contributed by atoms with van der Waals surface area (Å²) in [7, 11) is 0. The first-order valence-electron chi connectivity index (χ1n) is 3.07. The van der Waals surface area contributed by atoms with E-state index in [1.165, 1.54) is 4.70 Å². The smallest absolute Gasteiger partial charge is 0.159 e. The number of aromatic nitrogens is 1. The summed E-state index contributed by atoms with van der Waals surface area (Å²) in [6, 6.07) is 5.95. The molecule has 0 aliphatic carbocycles. The first kappa shape index (κ1) is 7.34. The molecule has 0 bridgehead atoms. The number of hydrogen-bond acceptors (Lipinski definition) is 3. The molecule has 0 aliphatic rings. The monoisotopic (exact) mass is 199 g/mol. The number of nitrogens with one attached hydrogen (secondary N) is 1. The molecule has 1 nitrogen and oxygen atoms in total. The summed E-state index contributed by atoms with van der Waals surface area (Å²) in [6.07, 6.45) is 0. The highest BCUT2D eigenvalue weighted by molar-refractivity contribution is 7.80. The van der Waals surface area contributed by atoms with Crippen LogP contribution in [0.3, 0.4) is 0 Å². The van der Waals surface area contributed by atoms with Crippen molar-refractivity contribution in [3.63, 3.8) is 0 Å². The van der Waals surface area contributed by atoms with Gasteiger partial charge in [0.2, 0.25) is 0 Å². The fourth-order valence-electron chi connectivity index (χ4n) is 0.934. The highest BCUT2D eigenvalue weighted by Crippen LogP contribution is 2.21. The Hall–Kier alpha value is -0.320. The van der Waals surface area contributed by atoms with Crippen LogP contribution in [0, 0.1) is 3.95 Å². The number of benzene rings is 1. The Labute approximate surface area is 78.5 Å². The fraction of sp³-hybridized carbons (Fsp3) is 0. The molecule has 1 heterocycles. The Morgan fingerprint density at radius 3 is 3.09 bits per heavy atom. The first-order chi connectivity index (χ1) is 5.25. The maximum atomic E-state index is 4.99. The van der Waals surface area contributed by atoms with Crippen LogP contribution in [0.2, 0.25) is 0 Å². The van der Waals surface area contributed by atoms with E-state index in [0.29, 0.717) is 0 Å². The van der Waals surface area contributed by atoms with Gasteiger partial charge >= 0.3 is 0 Å². The van der Waals surface area contributed by atoms with Gasteiger partial charge in [0, 0.05) is 4.90 Å². The van der Waals surface area contributed by atoms with E-state index in [-0.39, 0.29) is 0 Å². The second-order valence-electron chi connectivity index (χ2n) is 2.19. The molecule has 0 aliphatic heterocycles. The van der Waals surface area contributed by atoms with Crippen LogP contribution in [0.1, 0.15) is 0 Å². The molecule has 1 N–H and O–H groups in total. The van der Waals surface area contributed by atoms with E-state index in [1.54, 1.807) is 11.3 Å². The number of hydrogen-bond donors (Lipinski definition) is 2. The lowest BCUT2D eigenvalue weighted by Crippen LogP contribution is -1.66. The minimum absolute atomic E-state index is 0.818. The van der Waals surface area contributed by atoms with Crippen molar-refractivity contribution in [1.29, 1.82) is 0 Å². The Bertz CT molecular complexity index is 440. The van der Waals surface area contributed by atoms with Gasteiger partial charge in [0.1, 0.15) is 0 Å². The lowest BCUT2D eigenvalue weighted by atomic mass is 10.3. The highest BCUT2D eigenvalue weighted by Gasteiger charge is 1.95. The second kappa shape index (κ2) is 2.62. The third-order valence-corrected chi connectivity index (χ3v) is 2.88. The molecular weight excluding hydrogens is 194 g/mol. The summed E-state index contributed by atoms with van der Waals surface area (Å²) in [5.41, 5.74) is 1.10. The van der Waals surface area contributed by atoms with Crippen LogP contribution < -0.4 is 0 Å². The van der Waals surface area contributed by atoms with E-state index in [0.717, 1.165) is 14.4 Å². The Kier molecular flexibility index (Phi) is 1.75. The predicted octanol–water partition coefficient (Wildman–Crippen LogP) is 3.25. The lowest BCUT2D eigenvalue weighted by molar-refractivity contribution is 1.44. The molecular formula is C7H5NS3. The summed E-state index contributed by atoms with van der Waals surface area (Å²) < 4.78 is 1.99. The van der Waals surface area contributed by atoms with Gasteiger partial charge in [-0.3, -0.25) is 0 Å². The van der Waals surface area contributed by atoms with E-state index < -0.39 is 0 Å². The molecule has 0 spiro atoms. The summed E-state index contributed by atoms with van der Waals surface area (Å²) in [5, 5.41) is 0. The van der Waals surface area contributed by atoms with Crippen molar-refractivity contribution < 1.29 is 0 Å². The zero-order valence-electron chi connectivity index (χ0n) is 5.50. The summed E-state index contributed by atoms with van der Waals surface area (Å²) >= 11 is 10.8. The van der Waals surface area contributed by atoms with Crippen molar-refractivity contribution in [2.45, 2.75) is 4.90 Å². The molecule has 56 valence electrons. The van der Waals surface area contributed by atoms with Gasteiger partial charge in [0.15, 0.2) is 3.95 Å². The van der Waals surface area contributed by atoms with Crippen LogP contribution in [0.15, 0.2) is 23.1 Å². The minimum Gasteiger partial charge on any atom is -0.337 e. The van der Waals surface area contributed by atoms with Gasteiger partial charge < -0.3 is 4.98 Å². The minimum atomic E-state index is 0.818. The van der Waals surface area contributed by atoms with E-state index >= 15 is 0 Å². The molecule has 2 rings (SSSR count). The van der Waals surface area contributed by atoms with Crippen molar-refractivity contribution in [2.24, 2.45) is 0 Å². The molecule has 1 aromatic carbocycles. The predicted molar refractivity (Wildman–Crippen MR) is 54.3 cm³/mol. The third-order valence-electron chi connectivity index (χ3n) is 1.40. The standard InChI is InChI=1S/C7H5NS3/c9-4-1-2-5-6(3-4)11-7(10)8-5/h1-3,9H,(H,8,10). The summed E-state index contributed by atoms with van der Waals surface area (Å²) in [6.45, 7) is 0. The average Bonchev–Trinajstić information content (AvgIpc) is 2.27. The molecule has 0 radical (unpaired) electrons. The van der Waals surface area contributed by atoms with Gasteiger partial charge in [-0.2, -0.15) is 0 Å². The zero-order chi connectivity index (χ0) is 7.84. The Morgan fingerprint density at radius 1 is 1.45 bits per heavy atom. The number of rotatable bonds is 0. The normalized spacial score (nSPS) is 10.6. The van der Waals surface area contributed by atoms with Gasteiger partial charge in [-0.05, 0) is 30.4 Å². The van der Waals surface area contributed by atoms with Crippen LogP contribution in [-0.2, 0) is 0 Å². The van der Waals surface area contributed by atoms with E-state index in [4.69, 9.17) is 12.2 Å². The van der Waals surface area contributed by atoms with Crippen molar-refractivity contribution in [3.05, 3.63) is 22.2 Å². The maximum Gasteiger partial charge on any atom is 0.159 e. The largest absolute Gasteiger partial charge is 0.337 e. The third kappa shape index (κ3) is 1.34. The van der Waals surface area contributed by atoms with Gasteiger partial charge in [-0.25, -0.2) is 0 Å². The molecule has 2 aromatic rings. The molecule has 0 unspecified atom stereocenters. The Balaban J connectivity index is 2.92. The lowest BCUT2D eigenvalue weighted by Gasteiger charge is -1.88. The number of thiazole rings is 1. The quantitative estimate of drug-likeness (QED) is 0.491. The summed E-state index contributed by atoms with van der Waals surface area (Å²) in [4.78, 5) is 4.06.